The summed E-state index contributed by atoms with van der Waals surface area (Å²) in [6, 6.07) is 16.2. The van der Waals surface area contributed by atoms with Crippen LogP contribution in [-0.4, -0.2) is 59.7 Å². The Labute approximate surface area is 220 Å². The highest BCUT2D eigenvalue weighted by Crippen LogP contribution is 2.42. The molecule has 2 N–H and O–H groups in total. The number of halogens is 1. The van der Waals surface area contributed by atoms with E-state index in [2.05, 4.69) is 56.8 Å². The molecule has 2 aromatic heterocycles. The average Bonchev–Trinajstić information content (AvgIpc) is 3.63. The van der Waals surface area contributed by atoms with E-state index in [1.54, 1.807) is 0 Å². The summed E-state index contributed by atoms with van der Waals surface area (Å²) in [4.78, 5) is 19.3. The van der Waals surface area contributed by atoms with Crippen LogP contribution in [0.3, 0.4) is 0 Å². The van der Waals surface area contributed by atoms with Crippen molar-refractivity contribution in [2.45, 2.75) is 51.1 Å². The number of carboxylic acids is 1. The predicted molar refractivity (Wildman–Crippen MR) is 141 cm³/mol. The van der Waals surface area contributed by atoms with Crippen LogP contribution in [-0.2, 0) is 23.3 Å². The lowest BCUT2D eigenvalue weighted by atomic mass is 9.92. The number of H-pyrrole nitrogens is 1. The number of carboxylic acid groups (broad SMARTS) is 1. The van der Waals surface area contributed by atoms with E-state index in [0.29, 0.717) is 31.0 Å². The Morgan fingerprint density at radius 1 is 1.16 bits per heavy atom. The van der Waals surface area contributed by atoms with Crippen LogP contribution in [0.25, 0.3) is 22.5 Å². The molecule has 0 saturated carbocycles. The molecular weight excluding hydrogens is 490 g/mol. The maximum absolute atomic E-state index is 12.7. The number of likely N-dealkylation sites (N-methyl/N-ethyl adjacent to an activating group) is 1. The van der Waals surface area contributed by atoms with E-state index in [-0.39, 0.29) is 5.15 Å². The van der Waals surface area contributed by atoms with Gasteiger partial charge >= 0.3 is 5.97 Å². The van der Waals surface area contributed by atoms with Gasteiger partial charge in [0, 0.05) is 18.5 Å². The zero-order chi connectivity index (χ0) is 26.0. The van der Waals surface area contributed by atoms with E-state index in [1.807, 2.05) is 40.8 Å². The first kappa shape index (κ1) is 25.1. The second kappa shape index (κ2) is 10.4. The number of likely N-dealkylation sites (tertiary alicyclic amines) is 1. The van der Waals surface area contributed by atoms with Crippen molar-refractivity contribution in [2.24, 2.45) is 0 Å². The number of imidazole rings is 1. The van der Waals surface area contributed by atoms with Crippen molar-refractivity contribution in [2.75, 3.05) is 13.6 Å². The number of rotatable bonds is 9. The molecule has 1 atom stereocenters. The third kappa shape index (κ3) is 4.53. The number of tetrazole rings is 1. The highest BCUT2D eigenvalue weighted by atomic mass is 35.5. The summed E-state index contributed by atoms with van der Waals surface area (Å²) in [5, 5.41) is 25.2. The van der Waals surface area contributed by atoms with E-state index in [1.165, 1.54) is 0 Å². The first-order valence-corrected chi connectivity index (χ1v) is 13.0. The standard InChI is InChI=1S/C27H30ClN7O2/c1-3-4-10-22-29-24(28)23(27(26(36)37)15-7-16-34(27)2)35(22)17-18-11-13-19(14-12-18)20-8-5-6-9-21(20)25-30-32-33-31-25/h5-6,8-9,11-14H,3-4,7,10,15-17H2,1-2H3,(H,36,37)(H,30,31,32,33)/t27-/m1/s1. The highest BCUT2D eigenvalue weighted by molar-refractivity contribution is 6.30. The van der Waals surface area contributed by atoms with Gasteiger partial charge in [0.25, 0.3) is 0 Å². The van der Waals surface area contributed by atoms with Gasteiger partial charge in [-0.25, -0.2) is 9.78 Å². The molecule has 9 nitrogen and oxygen atoms in total. The van der Waals surface area contributed by atoms with Crippen LogP contribution in [0.2, 0.25) is 5.15 Å². The van der Waals surface area contributed by atoms with E-state index in [0.717, 1.165) is 53.8 Å². The fraction of sp³-hybridized carbons (Fsp3) is 0.370. The van der Waals surface area contributed by atoms with Gasteiger partial charge in [0.05, 0.1) is 5.69 Å². The number of aliphatic carboxylic acids is 1. The van der Waals surface area contributed by atoms with Gasteiger partial charge in [-0.2, -0.15) is 5.21 Å². The minimum atomic E-state index is -1.18. The molecule has 0 bridgehead atoms. The van der Waals surface area contributed by atoms with Gasteiger partial charge in [-0.15, -0.1) is 10.2 Å². The van der Waals surface area contributed by atoms with Crippen molar-refractivity contribution in [1.29, 1.82) is 0 Å². The van der Waals surface area contributed by atoms with Crippen molar-refractivity contribution in [3.63, 3.8) is 0 Å². The monoisotopic (exact) mass is 519 g/mol. The molecule has 2 aromatic carbocycles. The Morgan fingerprint density at radius 3 is 2.54 bits per heavy atom. The molecule has 1 aliphatic rings. The third-order valence-electron chi connectivity index (χ3n) is 7.31. The smallest absolute Gasteiger partial charge is 0.330 e. The Hall–Kier alpha value is -3.56. The second-order valence-electron chi connectivity index (χ2n) is 9.53. The minimum Gasteiger partial charge on any atom is -0.480 e. The number of hydrogen-bond acceptors (Lipinski definition) is 6. The normalized spacial score (nSPS) is 17.9. The lowest BCUT2D eigenvalue weighted by molar-refractivity contribution is -0.150. The number of unbranched alkanes of at least 4 members (excludes halogenated alkanes) is 1. The molecule has 0 amide bonds. The SMILES string of the molecule is CCCCc1nc(Cl)c([C@@]2(C(=O)O)CCCN2C)n1Cc1ccc(-c2ccccc2-c2nn[nH]n2)cc1. The molecular formula is C27H30ClN7O2. The Kier molecular flexibility index (Phi) is 7.08. The van der Waals surface area contributed by atoms with Crippen LogP contribution >= 0.6 is 11.6 Å². The third-order valence-corrected chi connectivity index (χ3v) is 7.57. The minimum absolute atomic E-state index is 0.285. The fourth-order valence-electron chi connectivity index (χ4n) is 5.36. The van der Waals surface area contributed by atoms with Crippen LogP contribution < -0.4 is 0 Å². The topological polar surface area (TPSA) is 113 Å². The van der Waals surface area contributed by atoms with Crippen LogP contribution in [0.1, 0.15) is 49.7 Å². The maximum atomic E-state index is 12.7. The van der Waals surface area contributed by atoms with Crippen molar-refractivity contribution < 1.29 is 9.90 Å². The molecule has 1 aliphatic heterocycles. The number of carbonyl (C=O) groups is 1. The van der Waals surface area contributed by atoms with Gasteiger partial charge < -0.3 is 9.67 Å². The van der Waals surface area contributed by atoms with Gasteiger partial charge in [0.2, 0.25) is 5.82 Å². The van der Waals surface area contributed by atoms with Crippen LogP contribution in [0.15, 0.2) is 48.5 Å². The molecule has 0 unspecified atom stereocenters. The van der Waals surface area contributed by atoms with Crippen molar-refractivity contribution in [3.8, 4) is 22.5 Å². The summed E-state index contributed by atoms with van der Waals surface area (Å²) in [6.45, 7) is 3.32. The summed E-state index contributed by atoms with van der Waals surface area (Å²) in [5.74, 6) is 0.484. The molecule has 1 saturated heterocycles. The van der Waals surface area contributed by atoms with Gasteiger partial charge in [-0.05, 0) is 54.8 Å². The maximum Gasteiger partial charge on any atom is 0.330 e. The zero-order valence-corrected chi connectivity index (χ0v) is 21.7. The number of benzene rings is 2. The number of nitrogens with one attached hydrogen (secondary N) is 1. The number of nitrogens with zero attached hydrogens (tertiary/aromatic N) is 6. The van der Waals surface area contributed by atoms with E-state index in [4.69, 9.17) is 11.6 Å². The van der Waals surface area contributed by atoms with Gasteiger partial charge in [0.1, 0.15) is 5.82 Å². The van der Waals surface area contributed by atoms with E-state index >= 15 is 0 Å². The molecule has 37 heavy (non-hydrogen) atoms. The molecule has 10 heteroatoms. The Balaban J connectivity index is 1.53. The van der Waals surface area contributed by atoms with E-state index < -0.39 is 11.5 Å². The summed E-state index contributed by atoms with van der Waals surface area (Å²) >= 11 is 6.70. The first-order chi connectivity index (χ1) is 18.0. The van der Waals surface area contributed by atoms with Gasteiger partial charge in [0.15, 0.2) is 10.7 Å². The number of aryl methyl sites for hydroxylation is 1. The number of aromatic amines is 1. The van der Waals surface area contributed by atoms with Gasteiger partial charge in [-0.1, -0.05) is 73.5 Å². The fourth-order valence-corrected chi connectivity index (χ4v) is 5.72. The van der Waals surface area contributed by atoms with Crippen molar-refractivity contribution in [3.05, 3.63) is 70.8 Å². The quantitative estimate of drug-likeness (QED) is 0.327. The molecule has 192 valence electrons. The molecule has 3 heterocycles. The number of hydrogen-bond donors (Lipinski definition) is 2. The van der Waals surface area contributed by atoms with Gasteiger partial charge in [-0.3, -0.25) is 4.90 Å². The van der Waals surface area contributed by atoms with Crippen LogP contribution in [0.4, 0.5) is 0 Å². The Bertz CT molecular complexity index is 1380. The molecule has 0 radical (unpaired) electrons. The summed E-state index contributed by atoms with van der Waals surface area (Å²) in [5.41, 5.74) is 3.36. The summed E-state index contributed by atoms with van der Waals surface area (Å²) in [7, 11) is 1.86. The lowest BCUT2D eigenvalue weighted by Gasteiger charge is -2.33. The lowest BCUT2D eigenvalue weighted by Crippen LogP contribution is -2.47. The van der Waals surface area contributed by atoms with Crippen molar-refractivity contribution in [1.82, 2.24) is 35.1 Å². The second-order valence-corrected chi connectivity index (χ2v) is 9.88. The molecule has 1 fully saturated rings. The van der Waals surface area contributed by atoms with E-state index in [9.17, 15) is 9.90 Å². The number of aromatic nitrogens is 6. The largest absolute Gasteiger partial charge is 0.480 e. The molecule has 0 spiro atoms. The highest BCUT2D eigenvalue weighted by Gasteiger charge is 2.51. The Morgan fingerprint density at radius 2 is 1.92 bits per heavy atom. The zero-order valence-electron chi connectivity index (χ0n) is 21.0. The summed E-state index contributed by atoms with van der Waals surface area (Å²) < 4.78 is 2.04. The first-order valence-electron chi connectivity index (χ1n) is 12.6. The predicted octanol–water partition coefficient (Wildman–Crippen LogP) is 4.78. The molecule has 4 aromatic rings. The van der Waals surface area contributed by atoms with Crippen LogP contribution in [0, 0.1) is 0 Å². The molecule has 0 aliphatic carbocycles. The average molecular weight is 520 g/mol. The molecule has 5 rings (SSSR count). The van der Waals surface area contributed by atoms with Crippen LogP contribution in [0.5, 0.6) is 0 Å². The summed E-state index contributed by atoms with van der Waals surface area (Å²) in [6.07, 6.45) is 4.00. The van der Waals surface area contributed by atoms with Crippen molar-refractivity contribution >= 4 is 17.6 Å².